The lowest BCUT2D eigenvalue weighted by Gasteiger charge is -2.07. The van der Waals surface area contributed by atoms with E-state index in [9.17, 15) is 0 Å². The summed E-state index contributed by atoms with van der Waals surface area (Å²) in [5.74, 6) is 1.04. The second kappa shape index (κ2) is 6.97. The van der Waals surface area contributed by atoms with E-state index in [0.717, 1.165) is 43.6 Å². The van der Waals surface area contributed by atoms with Gasteiger partial charge in [-0.25, -0.2) is 4.98 Å². The summed E-state index contributed by atoms with van der Waals surface area (Å²) in [4.78, 5) is 4.42. The van der Waals surface area contributed by atoms with Gasteiger partial charge in [0.2, 0.25) is 0 Å². The molecule has 0 spiro atoms. The van der Waals surface area contributed by atoms with Gasteiger partial charge in [0.15, 0.2) is 0 Å². The molecule has 0 saturated heterocycles. The average molecular weight is 244 g/mol. The fourth-order valence-electron chi connectivity index (χ4n) is 2.08. The SMILES string of the molecule is OCCCCCCn1ccnc1-c1ccccc1. The Hall–Kier alpha value is -1.61. The Morgan fingerprint density at radius 1 is 1.00 bits per heavy atom. The number of hydrogen-bond acceptors (Lipinski definition) is 2. The van der Waals surface area contributed by atoms with E-state index in [1.54, 1.807) is 0 Å². The van der Waals surface area contributed by atoms with Crippen LogP contribution >= 0.6 is 0 Å². The van der Waals surface area contributed by atoms with Crippen molar-refractivity contribution in [2.24, 2.45) is 0 Å². The van der Waals surface area contributed by atoms with E-state index < -0.39 is 0 Å². The molecule has 3 nitrogen and oxygen atoms in total. The highest BCUT2D eigenvalue weighted by molar-refractivity contribution is 5.54. The Morgan fingerprint density at radius 2 is 1.78 bits per heavy atom. The van der Waals surface area contributed by atoms with Crippen molar-refractivity contribution < 1.29 is 5.11 Å². The van der Waals surface area contributed by atoms with Gasteiger partial charge in [-0.1, -0.05) is 43.2 Å². The van der Waals surface area contributed by atoms with E-state index in [4.69, 9.17) is 5.11 Å². The molecule has 0 unspecified atom stereocenters. The number of aryl methyl sites for hydroxylation is 1. The summed E-state index contributed by atoms with van der Waals surface area (Å²) in [5.41, 5.74) is 1.16. The smallest absolute Gasteiger partial charge is 0.139 e. The minimum atomic E-state index is 0.306. The summed E-state index contributed by atoms with van der Waals surface area (Å²) >= 11 is 0. The Morgan fingerprint density at radius 3 is 2.56 bits per heavy atom. The van der Waals surface area contributed by atoms with Crippen molar-refractivity contribution in [2.75, 3.05) is 6.61 Å². The molecule has 2 rings (SSSR count). The quantitative estimate of drug-likeness (QED) is 0.760. The number of hydrogen-bond donors (Lipinski definition) is 1. The average Bonchev–Trinajstić information content (AvgIpc) is 2.88. The Labute approximate surface area is 108 Å². The summed E-state index contributed by atoms with van der Waals surface area (Å²) in [5, 5.41) is 8.73. The topological polar surface area (TPSA) is 38.0 Å². The van der Waals surface area contributed by atoms with Crippen LogP contribution in [0.15, 0.2) is 42.7 Å². The van der Waals surface area contributed by atoms with Crippen molar-refractivity contribution in [1.29, 1.82) is 0 Å². The van der Waals surface area contributed by atoms with Gasteiger partial charge in [-0.15, -0.1) is 0 Å². The van der Waals surface area contributed by atoms with Crippen LogP contribution in [0.2, 0.25) is 0 Å². The van der Waals surface area contributed by atoms with Crippen LogP contribution in [0.25, 0.3) is 11.4 Å². The Kier molecular flexibility index (Phi) is 4.97. The molecule has 0 radical (unpaired) electrons. The van der Waals surface area contributed by atoms with Gasteiger partial charge in [-0.05, 0) is 12.8 Å². The van der Waals surface area contributed by atoms with Crippen LogP contribution in [0.4, 0.5) is 0 Å². The van der Waals surface area contributed by atoms with E-state index in [2.05, 4.69) is 21.7 Å². The van der Waals surface area contributed by atoms with Gasteiger partial charge in [-0.2, -0.15) is 0 Å². The van der Waals surface area contributed by atoms with Gasteiger partial charge >= 0.3 is 0 Å². The highest BCUT2D eigenvalue weighted by Gasteiger charge is 2.04. The summed E-state index contributed by atoms with van der Waals surface area (Å²) in [6.07, 6.45) is 8.20. The van der Waals surface area contributed by atoms with Crippen molar-refractivity contribution in [1.82, 2.24) is 9.55 Å². The first-order chi connectivity index (χ1) is 8.92. The number of unbranched alkanes of at least 4 members (excludes halogenated alkanes) is 3. The largest absolute Gasteiger partial charge is 0.396 e. The Balaban J connectivity index is 1.92. The van der Waals surface area contributed by atoms with Crippen molar-refractivity contribution in [3.05, 3.63) is 42.7 Å². The predicted octanol–water partition coefficient (Wildman–Crippen LogP) is 3.10. The molecule has 1 heterocycles. The molecule has 0 amide bonds. The maximum atomic E-state index is 8.73. The molecule has 0 aliphatic heterocycles. The maximum absolute atomic E-state index is 8.73. The number of aliphatic hydroxyl groups excluding tert-OH is 1. The molecular weight excluding hydrogens is 224 g/mol. The first-order valence-corrected chi connectivity index (χ1v) is 6.59. The van der Waals surface area contributed by atoms with Crippen LogP contribution < -0.4 is 0 Å². The molecule has 18 heavy (non-hydrogen) atoms. The van der Waals surface area contributed by atoms with Crippen molar-refractivity contribution in [2.45, 2.75) is 32.2 Å². The van der Waals surface area contributed by atoms with E-state index in [-0.39, 0.29) is 0 Å². The normalized spacial score (nSPS) is 10.7. The van der Waals surface area contributed by atoms with Crippen LogP contribution in [-0.2, 0) is 6.54 Å². The number of nitrogens with zero attached hydrogens (tertiary/aromatic N) is 2. The van der Waals surface area contributed by atoms with Gasteiger partial charge in [0.1, 0.15) is 5.82 Å². The number of aromatic nitrogens is 2. The summed E-state index contributed by atoms with van der Waals surface area (Å²) < 4.78 is 2.20. The molecule has 0 aliphatic carbocycles. The second-order valence-corrected chi connectivity index (χ2v) is 4.45. The number of imidazole rings is 1. The molecule has 0 saturated carbocycles. The third-order valence-corrected chi connectivity index (χ3v) is 3.05. The molecule has 0 aliphatic rings. The summed E-state index contributed by atoms with van der Waals surface area (Å²) in [6, 6.07) is 10.3. The minimum absolute atomic E-state index is 0.306. The lowest BCUT2D eigenvalue weighted by molar-refractivity contribution is 0.282. The van der Waals surface area contributed by atoms with Gasteiger partial charge in [-0.3, -0.25) is 0 Å². The third kappa shape index (κ3) is 3.44. The molecule has 0 bridgehead atoms. The lowest BCUT2D eigenvalue weighted by atomic mass is 10.2. The first kappa shape index (κ1) is 12.8. The van der Waals surface area contributed by atoms with Crippen LogP contribution in [0.3, 0.4) is 0 Å². The first-order valence-electron chi connectivity index (χ1n) is 6.59. The lowest BCUT2D eigenvalue weighted by Crippen LogP contribution is -1.99. The fourth-order valence-corrected chi connectivity index (χ4v) is 2.08. The van der Waals surface area contributed by atoms with Crippen LogP contribution in [-0.4, -0.2) is 21.3 Å². The fraction of sp³-hybridized carbons (Fsp3) is 0.400. The van der Waals surface area contributed by atoms with Gasteiger partial charge in [0.05, 0.1) is 0 Å². The third-order valence-electron chi connectivity index (χ3n) is 3.05. The standard InChI is InChI=1S/C15H20N2O/c18-13-7-2-1-6-11-17-12-10-16-15(17)14-8-4-3-5-9-14/h3-5,8-10,12,18H,1-2,6-7,11,13H2. The zero-order valence-electron chi connectivity index (χ0n) is 10.6. The highest BCUT2D eigenvalue weighted by Crippen LogP contribution is 2.17. The molecule has 2 aromatic rings. The molecule has 96 valence electrons. The molecule has 1 aromatic carbocycles. The maximum Gasteiger partial charge on any atom is 0.139 e. The van der Waals surface area contributed by atoms with Crippen molar-refractivity contribution in [3.8, 4) is 11.4 Å². The van der Waals surface area contributed by atoms with E-state index in [0.29, 0.717) is 6.61 Å². The monoisotopic (exact) mass is 244 g/mol. The van der Waals surface area contributed by atoms with Gasteiger partial charge in [0.25, 0.3) is 0 Å². The van der Waals surface area contributed by atoms with Crippen molar-refractivity contribution in [3.63, 3.8) is 0 Å². The van der Waals surface area contributed by atoms with Gasteiger partial charge in [0, 0.05) is 31.1 Å². The highest BCUT2D eigenvalue weighted by atomic mass is 16.2. The number of benzene rings is 1. The van der Waals surface area contributed by atoms with E-state index in [1.165, 1.54) is 0 Å². The van der Waals surface area contributed by atoms with E-state index >= 15 is 0 Å². The van der Waals surface area contributed by atoms with Gasteiger partial charge < -0.3 is 9.67 Å². The molecule has 1 N–H and O–H groups in total. The van der Waals surface area contributed by atoms with Crippen LogP contribution in [0.5, 0.6) is 0 Å². The Bertz CT molecular complexity index is 451. The number of aliphatic hydroxyl groups is 1. The zero-order valence-corrected chi connectivity index (χ0v) is 10.6. The molecule has 0 atom stereocenters. The summed E-state index contributed by atoms with van der Waals surface area (Å²) in [7, 11) is 0. The van der Waals surface area contributed by atoms with Crippen molar-refractivity contribution >= 4 is 0 Å². The van der Waals surface area contributed by atoms with Crippen LogP contribution in [0, 0.1) is 0 Å². The number of rotatable bonds is 7. The van der Waals surface area contributed by atoms with Crippen LogP contribution in [0.1, 0.15) is 25.7 Å². The summed E-state index contributed by atoms with van der Waals surface area (Å²) in [6.45, 7) is 1.30. The molecule has 0 fully saturated rings. The van der Waals surface area contributed by atoms with E-state index in [1.807, 2.05) is 30.6 Å². The molecule has 3 heteroatoms. The predicted molar refractivity (Wildman–Crippen MR) is 73.2 cm³/mol. The zero-order chi connectivity index (χ0) is 12.6. The molecule has 1 aromatic heterocycles. The molecular formula is C15H20N2O. The minimum Gasteiger partial charge on any atom is -0.396 e. The second-order valence-electron chi connectivity index (χ2n) is 4.45.